The molecule has 0 bridgehead atoms. The summed E-state index contributed by atoms with van der Waals surface area (Å²) in [5, 5.41) is 11.3. The van der Waals surface area contributed by atoms with Gasteiger partial charge in [0.15, 0.2) is 11.5 Å². The fourth-order valence-corrected chi connectivity index (χ4v) is 4.37. The Balaban J connectivity index is 1.74. The standard InChI is InChI=1S/C28H33NO7/c1-18(2)10-13-34-21-7-4-6-19(16-21)25-24(27(31)28(32)29(25)11-5-12-33-3)26(30)20-8-9-22-23(17-20)36-15-14-35-22/h4,6-9,16-18,25,30H,5,10-15H2,1-3H3/b26-24+/t25-/m0/s1. The van der Waals surface area contributed by atoms with Gasteiger partial charge >= 0.3 is 0 Å². The van der Waals surface area contributed by atoms with Crippen LogP contribution < -0.4 is 14.2 Å². The first-order valence-corrected chi connectivity index (χ1v) is 12.3. The summed E-state index contributed by atoms with van der Waals surface area (Å²) in [6.45, 7) is 6.41. The van der Waals surface area contributed by atoms with Crippen molar-refractivity contribution in [1.29, 1.82) is 0 Å². The van der Waals surface area contributed by atoms with Crippen LogP contribution in [0.15, 0.2) is 48.0 Å². The monoisotopic (exact) mass is 495 g/mol. The normalized spacial score (nSPS) is 18.7. The molecule has 8 heteroatoms. The van der Waals surface area contributed by atoms with Gasteiger partial charge in [0.2, 0.25) is 0 Å². The smallest absolute Gasteiger partial charge is 0.295 e. The number of benzene rings is 2. The van der Waals surface area contributed by atoms with Crippen LogP contribution in [0.25, 0.3) is 5.76 Å². The highest BCUT2D eigenvalue weighted by Gasteiger charge is 2.46. The third-order valence-corrected chi connectivity index (χ3v) is 6.24. The van der Waals surface area contributed by atoms with Crippen molar-refractivity contribution >= 4 is 17.4 Å². The Morgan fingerprint density at radius 1 is 1.08 bits per heavy atom. The van der Waals surface area contributed by atoms with Gasteiger partial charge in [-0.15, -0.1) is 0 Å². The molecule has 36 heavy (non-hydrogen) atoms. The van der Waals surface area contributed by atoms with Crippen LogP contribution in [-0.2, 0) is 14.3 Å². The zero-order chi connectivity index (χ0) is 25.7. The van der Waals surface area contributed by atoms with Crippen LogP contribution in [0.4, 0.5) is 0 Å². The van der Waals surface area contributed by atoms with Gasteiger partial charge in [-0.25, -0.2) is 0 Å². The van der Waals surface area contributed by atoms with Crippen molar-refractivity contribution < 1.29 is 33.6 Å². The number of methoxy groups -OCH3 is 1. The second-order valence-electron chi connectivity index (χ2n) is 9.30. The van der Waals surface area contributed by atoms with E-state index in [1.165, 1.54) is 4.90 Å². The van der Waals surface area contributed by atoms with E-state index in [0.29, 0.717) is 73.7 Å². The number of nitrogens with zero attached hydrogens (tertiary/aromatic N) is 1. The van der Waals surface area contributed by atoms with Crippen LogP contribution in [0.1, 0.15) is 43.9 Å². The van der Waals surface area contributed by atoms with Crippen molar-refractivity contribution in [3.05, 3.63) is 59.2 Å². The number of amides is 1. The maximum Gasteiger partial charge on any atom is 0.295 e. The third-order valence-electron chi connectivity index (χ3n) is 6.24. The molecule has 0 radical (unpaired) electrons. The van der Waals surface area contributed by atoms with Gasteiger partial charge in [-0.3, -0.25) is 9.59 Å². The lowest BCUT2D eigenvalue weighted by atomic mass is 9.95. The van der Waals surface area contributed by atoms with Crippen molar-refractivity contribution in [1.82, 2.24) is 4.90 Å². The number of fused-ring (bicyclic) bond motifs is 1. The summed E-state index contributed by atoms with van der Waals surface area (Å²) < 4.78 is 22.3. The Labute approximate surface area is 211 Å². The number of carbonyl (C=O) groups is 2. The summed E-state index contributed by atoms with van der Waals surface area (Å²) >= 11 is 0. The maximum absolute atomic E-state index is 13.2. The van der Waals surface area contributed by atoms with E-state index in [4.69, 9.17) is 18.9 Å². The van der Waals surface area contributed by atoms with Gasteiger partial charge in [-0.2, -0.15) is 0 Å². The quantitative estimate of drug-likeness (QED) is 0.227. The molecule has 0 spiro atoms. The molecule has 0 aromatic heterocycles. The van der Waals surface area contributed by atoms with E-state index in [0.717, 1.165) is 6.42 Å². The summed E-state index contributed by atoms with van der Waals surface area (Å²) in [6.07, 6.45) is 1.46. The van der Waals surface area contributed by atoms with E-state index in [1.807, 2.05) is 24.3 Å². The van der Waals surface area contributed by atoms with Crippen LogP contribution in [0.3, 0.4) is 0 Å². The third kappa shape index (κ3) is 5.49. The second kappa shape index (κ2) is 11.5. The number of likely N-dealkylation sites (tertiary alicyclic amines) is 1. The minimum Gasteiger partial charge on any atom is -0.507 e. The number of hydrogen-bond acceptors (Lipinski definition) is 7. The molecule has 2 aromatic rings. The van der Waals surface area contributed by atoms with E-state index >= 15 is 0 Å². The molecule has 8 nitrogen and oxygen atoms in total. The SMILES string of the molecule is COCCCN1C(=O)C(=O)/C(=C(/O)c2ccc3c(c2)OCCO3)[C@@H]1c1cccc(OCCC(C)C)c1. The molecule has 1 saturated heterocycles. The summed E-state index contributed by atoms with van der Waals surface area (Å²) in [7, 11) is 1.59. The summed E-state index contributed by atoms with van der Waals surface area (Å²) in [4.78, 5) is 27.8. The van der Waals surface area contributed by atoms with Crippen molar-refractivity contribution in [3.63, 3.8) is 0 Å². The highest BCUT2D eigenvalue weighted by molar-refractivity contribution is 6.46. The van der Waals surface area contributed by atoms with Crippen LogP contribution in [0.5, 0.6) is 17.2 Å². The predicted octanol–water partition coefficient (Wildman–Crippen LogP) is 4.34. The van der Waals surface area contributed by atoms with Crippen LogP contribution >= 0.6 is 0 Å². The van der Waals surface area contributed by atoms with Gasteiger partial charge in [-0.05, 0) is 54.7 Å². The highest BCUT2D eigenvalue weighted by atomic mass is 16.6. The van der Waals surface area contributed by atoms with E-state index in [2.05, 4.69) is 13.8 Å². The second-order valence-corrected chi connectivity index (χ2v) is 9.30. The number of ketones is 1. The van der Waals surface area contributed by atoms with Gasteiger partial charge in [0.05, 0.1) is 18.2 Å². The average molecular weight is 496 g/mol. The molecule has 0 unspecified atom stereocenters. The fraction of sp³-hybridized carbons (Fsp3) is 0.429. The number of rotatable bonds is 10. The van der Waals surface area contributed by atoms with E-state index in [9.17, 15) is 14.7 Å². The topological polar surface area (TPSA) is 94.5 Å². The van der Waals surface area contributed by atoms with Crippen LogP contribution in [-0.4, -0.2) is 61.8 Å². The first-order chi connectivity index (χ1) is 17.4. The summed E-state index contributed by atoms with van der Waals surface area (Å²) in [5.41, 5.74) is 1.10. The molecule has 1 amide bonds. The van der Waals surface area contributed by atoms with Gasteiger partial charge in [0, 0.05) is 25.8 Å². The number of ether oxygens (including phenoxy) is 4. The van der Waals surface area contributed by atoms with Gasteiger partial charge in [-0.1, -0.05) is 26.0 Å². The van der Waals surface area contributed by atoms with Crippen LogP contribution in [0, 0.1) is 5.92 Å². The molecule has 1 atom stereocenters. The van der Waals surface area contributed by atoms with E-state index in [-0.39, 0.29) is 11.3 Å². The molecular formula is C28H33NO7. The zero-order valence-corrected chi connectivity index (χ0v) is 21.0. The Morgan fingerprint density at radius 2 is 1.86 bits per heavy atom. The molecule has 1 N–H and O–H groups in total. The Kier molecular flexibility index (Phi) is 8.15. The van der Waals surface area contributed by atoms with Gasteiger partial charge in [0.1, 0.15) is 24.7 Å². The lowest BCUT2D eigenvalue weighted by molar-refractivity contribution is -0.140. The predicted molar refractivity (Wildman–Crippen MR) is 134 cm³/mol. The molecule has 1 fully saturated rings. The number of hydrogen-bond donors (Lipinski definition) is 1. The number of Topliss-reactive ketones (excluding diaryl/α,β-unsaturated/α-hetero) is 1. The van der Waals surface area contributed by atoms with Gasteiger partial charge < -0.3 is 29.0 Å². The first kappa shape index (κ1) is 25.6. The molecule has 2 aliphatic rings. The molecule has 0 saturated carbocycles. The molecule has 2 heterocycles. The highest BCUT2D eigenvalue weighted by Crippen LogP contribution is 2.41. The number of carbonyl (C=O) groups excluding carboxylic acids is 2. The molecule has 0 aliphatic carbocycles. The Bertz CT molecular complexity index is 1140. The maximum atomic E-state index is 13.2. The Morgan fingerprint density at radius 3 is 2.61 bits per heavy atom. The zero-order valence-electron chi connectivity index (χ0n) is 21.0. The molecule has 2 aromatic carbocycles. The Hall–Kier alpha value is -3.52. The van der Waals surface area contributed by atoms with Crippen molar-refractivity contribution in [2.75, 3.05) is 40.1 Å². The largest absolute Gasteiger partial charge is 0.507 e. The van der Waals surface area contributed by atoms with E-state index < -0.39 is 17.7 Å². The van der Waals surface area contributed by atoms with Crippen molar-refractivity contribution in [2.24, 2.45) is 5.92 Å². The first-order valence-electron chi connectivity index (χ1n) is 12.3. The average Bonchev–Trinajstić information content (AvgIpc) is 3.13. The molecular weight excluding hydrogens is 462 g/mol. The van der Waals surface area contributed by atoms with Crippen molar-refractivity contribution in [2.45, 2.75) is 32.7 Å². The minimum atomic E-state index is -0.760. The minimum absolute atomic E-state index is 0.0356. The van der Waals surface area contributed by atoms with E-state index in [1.54, 1.807) is 25.3 Å². The summed E-state index contributed by atoms with van der Waals surface area (Å²) in [6, 6.07) is 11.6. The number of aliphatic hydroxyl groups excluding tert-OH is 1. The number of aliphatic hydroxyl groups is 1. The lowest BCUT2D eigenvalue weighted by Gasteiger charge is -2.26. The summed E-state index contributed by atoms with van der Waals surface area (Å²) in [5.74, 6) is 0.576. The van der Waals surface area contributed by atoms with Crippen molar-refractivity contribution in [3.8, 4) is 17.2 Å². The molecule has 192 valence electrons. The van der Waals surface area contributed by atoms with Crippen LogP contribution in [0.2, 0.25) is 0 Å². The fourth-order valence-electron chi connectivity index (χ4n) is 4.37. The van der Waals surface area contributed by atoms with Gasteiger partial charge in [0.25, 0.3) is 11.7 Å². The molecule has 4 rings (SSSR count). The molecule has 2 aliphatic heterocycles. The lowest BCUT2D eigenvalue weighted by Crippen LogP contribution is -2.31.